The predicted octanol–water partition coefficient (Wildman–Crippen LogP) is 3.65. The Morgan fingerprint density at radius 2 is 1.29 bits per heavy atom. The van der Waals surface area contributed by atoms with Gasteiger partial charge in [0.15, 0.2) is 11.5 Å². The summed E-state index contributed by atoms with van der Waals surface area (Å²) in [6.07, 6.45) is -0.655. The summed E-state index contributed by atoms with van der Waals surface area (Å²) in [5.41, 5.74) is -1.16. The Bertz CT molecular complexity index is 745. The van der Waals surface area contributed by atoms with Crippen LogP contribution in [0.15, 0.2) is 12.1 Å². The molecule has 0 saturated heterocycles. The second-order valence-electron chi connectivity index (χ2n) is 8.12. The van der Waals surface area contributed by atoms with Crippen molar-refractivity contribution < 1.29 is 33.3 Å². The molecule has 1 aromatic rings. The van der Waals surface area contributed by atoms with Crippen molar-refractivity contribution >= 4 is 11.9 Å². The Morgan fingerprint density at radius 3 is 1.58 bits per heavy atom. The molecule has 8 nitrogen and oxygen atoms in total. The Morgan fingerprint density at radius 1 is 0.871 bits per heavy atom. The average molecular weight is 436 g/mol. The number of benzene rings is 1. The van der Waals surface area contributed by atoms with E-state index in [1.807, 2.05) is 27.7 Å². The quantitative estimate of drug-likeness (QED) is 0.458. The molecule has 1 aromatic carbocycles. The molecule has 0 saturated carbocycles. The second kappa shape index (κ2) is 12.0. The van der Waals surface area contributed by atoms with E-state index in [1.54, 1.807) is 12.1 Å². The third kappa shape index (κ3) is 7.35. The molecule has 0 aromatic heterocycles. The number of nitriles is 1. The highest BCUT2D eigenvalue weighted by Crippen LogP contribution is 2.43. The van der Waals surface area contributed by atoms with Crippen molar-refractivity contribution in [3.05, 3.63) is 17.7 Å². The van der Waals surface area contributed by atoms with Crippen molar-refractivity contribution in [3.8, 4) is 23.3 Å². The maximum absolute atomic E-state index is 12.6. The van der Waals surface area contributed by atoms with Crippen molar-refractivity contribution in [2.45, 2.75) is 46.0 Å². The second-order valence-corrected chi connectivity index (χ2v) is 8.12. The van der Waals surface area contributed by atoms with Crippen molar-refractivity contribution in [3.63, 3.8) is 0 Å². The van der Waals surface area contributed by atoms with Gasteiger partial charge in [-0.2, -0.15) is 5.26 Å². The van der Waals surface area contributed by atoms with Crippen LogP contribution in [-0.4, -0.2) is 46.5 Å². The van der Waals surface area contributed by atoms with Gasteiger partial charge >= 0.3 is 11.9 Å². The lowest BCUT2D eigenvalue weighted by Gasteiger charge is -2.27. The zero-order valence-corrected chi connectivity index (χ0v) is 19.4. The monoisotopic (exact) mass is 435 g/mol. The van der Waals surface area contributed by atoms with Gasteiger partial charge in [0.25, 0.3) is 0 Å². The lowest BCUT2D eigenvalue weighted by atomic mass is 9.76. The number of rotatable bonds is 12. The summed E-state index contributed by atoms with van der Waals surface area (Å²) in [7, 11) is 4.36. The zero-order valence-electron chi connectivity index (χ0n) is 19.4. The summed E-state index contributed by atoms with van der Waals surface area (Å²) in [4.78, 5) is 25.1. The standard InChI is InChI=1S/C23H33NO7/c1-15(2)12-30-20(25)10-23(14-24,11-21(26)31-13-16(3)4)17-8-18(27-5)22(29-7)19(9-17)28-6/h8-9,15-16H,10-13H2,1-7H3. The summed E-state index contributed by atoms with van der Waals surface area (Å²) in [6, 6.07) is 5.29. The lowest BCUT2D eigenvalue weighted by Crippen LogP contribution is -2.33. The van der Waals surface area contributed by atoms with Crippen molar-refractivity contribution in [2.24, 2.45) is 11.8 Å². The summed E-state index contributed by atoms with van der Waals surface area (Å²) in [5, 5.41) is 10.2. The molecule has 1 rings (SSSR count). The minimum Gasteiger partial charge on any atom is -0.493 e. The van der Waals surface area contributed by atoms with Gasteiger partial charge < -0.3 is 23.7 Å². The average Bonchev–Trinajstić information content (AvgIpc) is 2.74. The molecule has 0 aliphatic carbocycles. The van der Waals surface area contributed by atoms with Gasteiger partial charge in [-0.3, -0.25) is 9.59 Å². The van der Waals surface area contributed by atoms with E-state index >= 15 is 0 Å². The highest BCUT2D eigenvalue weighted by atomic mass is 16.5. The summed E-state index contributed by atoms with van der Waals surface area (Å²) >= 11 is 0. The van der Waals surface area contributed by atoms with Crippen LogP contribution in [0.4, 0.5) is 0 Å². The number of hydrogen-bond acceptors (Lipinski definition) is 8. The van der Waals surface area contributed by atoms with E-state index in [-0.39, 0.29) is 37.9 Å². The number of carbonyl (C=O) groups excluding carboxylic acids is 2. The van der Waals surface area contributed by atoms with Gasteiger partial charge in [0, 0.05) is 0 Å². The molecule has 0 amide bonds. The van der Waals surface area contributed by atoms with Gasteiger partial charge in [0.05, 0.1) is 53.5 Å². The molecule has 0 aliphatic heterocycles. The van der Waals surface area contributed by atoms with Gasteiger partial charge in [-0.05, 0) is 29.5 Å². The van der Waals surface area contributed by atoms with Crippen LogP contribution in [0.3, 0.4) is 0 Å². The predicted molar refractivity (Wildman–Crippen MR) is 114 cm³/mol. The maximum atomic E-state index is 12.6. The molecule has 0 bridgehead atoms. The normalized spacial score (nSPS) is 11.1. The molecule has 0 heterocycles. The molecule has 0 radical (unpaired) electrons. The van der Waals surface area contributed by atoms with Crippen LogP contribution < -0.4 is 14.2 Å². The van der Waals surface area contributed by atoms with E-state index in [0.29, 0.717) is 22.8 Å². The molecule has 0 spiro atoms. The maximum Gasteiger partial charge on any atom is 0.307 e. The van der Waals surface area contributed by atoms with E-state index in [4.69, 9.17) is 23.7 Å². The van der Waals surface area contributed by atoms with Crippen molar-refractivity contribution in [1.82, 2.24) is 0 Å². The smallest absolute Gasteiger partial charge is 0.307 e. The van der Waals surface area contributed by atoms with Crippen LogP contribution in [0.25, 0.3) is 0 Å². The molecular formula is C23H33NO7. The Hall–Kier alpha value is -2.95. The fraction of sp³-hybridized carbons (Fsp3) is 0.609. The van der Waals surface area contributed by atoms with Gasteiger partial charge in [-0.25, -0.2) is 0 Å². The fourth-order valence-corrected chi connectivity index (χ4v) is 2.88. The first-order chi connectivity index (χ1) is 14.6. The van der Waals surface area contributed by atoms with Crippen LogP contribution in [0, 0.1) is 23.2 Å². The SMILES string of the molecule is COc1cc(C(C#N)(CC(=O)OCC(C)C)CC(=O)OCC(C)C)cc(OC)c1OC. The van der Waals surface area contributed by atoms with E-state index in [2.05, 4.69) is 6.07 Å². The molecule has 0 fully saturated rings. The molecular weight excluding hydrogens is 402 g/mol. The summed E-state index contributed by atoms with van der Waals surface area (Å²) in [6.45, 7) is 8.07. The topological polar surface area (TPSA) is 104 Å². The highest BCUT2D eigenvalue weighted by molar-refractivity contribution is 5.78. The van der Waals surface area contributed by atoms with Crippen LogP contribution >= 0.6 is 0 Å². The van der Waals surface area contributed by atoms with Crippen LogP contribution in [0.2, 0.25) is 0 Å². The zero-order chi connectivity index (χ0) is 23.6. The Balaban J connectivity index is 3.45. The van der Waals surface area contributed by atoms with Crippen LogP contribution in [-0.2, 0) is 24.5 Å². The minimum absolute atomic E-state index is 0.137. The van der Waals surface area contributed by atoms with Crippen LogP contribution in [0.1, 0.15) is 46.1 Å². The minimum atomic E-state index is -1.53. The molecule has 172 valence electrons. The van der Waals surface area contributed by atoms with Crippen LogP contribution in [0.5, 0.6) is 17.2 Å². The highest BCUT2D eigenvalue weighted by Gasteiger charge is 2.40. The fourth-order valence-electron chi connectivity index (χ4n) is 2.88. The molecule has 8 heteroatoms. The molecule has 0 atom stereocenters. The molecule has 0 aliphatic rings. The first kappa shape index (κ1) is 26.1. The number of ether oxygens (including phenoxy) is 5. The van der Waals surface area contributed by atoms with E-state index in [1.165, 1.54) is 21.3 Å². The molecule has 0 unspecified atom stereocenters. The summed E-state index contributed by atoms with van der Waals surface area (Å²) in [5.74, 6) is 0.0621. The number of methoxy groups -OCH3 is 3. The number of nitrogens with zero attached hydrogens (tertiary/aromatic N) is 1. The number of hydrogen-bond donors (Lipinski definition) is 0. The molecule has 0 N–H and O–H groups in total. The van der Waals surface area contributed by atoms with E-state index < -0.39 is 17.4 Å². The van der Waals surface area contributed by atoms with Crippen molar-refractivity contribution in [1.29, 1.82) is 5.26 Å². The largest absolute Gasteiger partial charge is 0.493 e. The first-order valence-corrected chi connectivity index (χ1v) is 10.1. The van der Waals surface area contributed by atoms with Crippen molar-refractivity contribution in [2.75, 3.05) is 34.5 Å². The van der Waals surface area contributed by atoms with Gasteiger partial charge in [0.1, 0.15) is 5.41 Å². The first-order valence-electron chi connectivity index (χ1n) is 10.1. The third-order valence-corrected chi connectivity index (χ3v) is 4.48. The van der Waals surface area contributed by atoms with Gasteiger partial charge in [-0.1, -0.05) is 27.7 Å². The van der Waals surface area contributed by atoms with E-state index in [0.717, 1.165) is 0 Å². The van der Waals surface area contributed by atoms with E-state index in [9.17, 15) is 14.9 Å². The Labute approximate surface area is 184 Å². The lowest BCUT2D eigenvalue weighted by molar-refractivity contribution is -0.148. The number of carbonyl (C=O) groups is 2. The Kier molecular flexibility index (Phi) is 10.1. The van der Waals surface area contributed by atoms with Gasteiger partial charge in [0.2, 0.25) is 5.75 Å². The molecule has 31 heavy (non-hydrogen) atoms. The summed E-state index contributed by atoms with van der Waals surface area (Å²) < 4.78 is 26.7. The van der Waals surface area contributed by atoms with Gasteiger partial charge in [-0.15, -0.1) is 0 Å². The number of esters is 2. The third-order valence-electron chi connectivity index (χ3n) is 4.48.